The van der Waals surface area contributed by atoms with E-state index in [0.29, 0.717) is 38.5 Å². The van der Waals surface area contributed by atoms with Gasteiger partial charge in [-0.3, -0.25) is 37.3 Å². The molecule has 0 rings (SSSR count). The molecule has 0 spiro atoms. The molecule has 0 aromatic carbocycles. The number of esters is 4. The van der Waals surface area contributed by atoms with Gasteiger partial charge in [0.1, 0.15) is 19.3 Å². The van der Waals surface area contributed by atoms with Gasteiger partial charge in [-0.25, -0.2) is 9.13 Å². The largest absolute Gasteiger partial charge is 0.472 e. The quantitative estimate of drug-likeness (QED) is 0.0169. The summed E-state index contributed by atoms with van der Waals surface area (Å²) in [4.78, 5) is 73.2. The van der Waals surface area contributed by atoms with Gasteiger partial charge in [0.15, 0.2) is 12.2 Å². The second kappa shape index (κ2) is 81.2. The lowest BCUT2D eigenvalue weighted by molar-refractivity contribution is -0.161. The number of rotatable bonds is 77. The van der Waals surface area contributed by atoms with E-state index < -0.39 is 97.5 Å². The van der Waals surface area contributed by atoms with Crippen molar-refractivity contribution in [1.82, 2.24) is 0 Å². The summed E-state index contributed by atoms with van der Waals surface area (Å²) in [5.41, 5.74) is 0. The minimum atomic E-state index is -5.01. The van der Waals surface area contributed by atoms with Crippen LogP contribution in [0.5, 0.6) is 0 Å². The number of ether oxygens (including phenoxy) is 4. The maximum absolute atomic E-state index is 13.1. The van der Waals surface area contributed by atoms with E-state index in [4.69, 9.17) is 37.0 Å². The van der Waals surface area contributed by atoms with E-state index in [2.05, 4.69) is 180 Å². The van der Waals surface area contributed by atoms with Crippen molar-refractivity contribution >= 4 is 39.5 Å². The molecule has 624 valence electrons. The van der Waals surface area contributed by atoms with Crippen LogP contribution in [0.25, 0.3) is 0 Å². The fourth-order valence-electron chi connectivity index (χ4n) is 10.6. The van der Waals surface area contributed by atoms with Crippen LogP contribution >= 0.6 is 15.6 Å². The molecule has 19 heteroatoms. The molecule has 0 radical (unpaired) electrons. The smallest absolute Gasteiger partial charge is 0.462 e. The van der Waals surface area contributed by atoms with Crippen molar-refractivity contribution < 1.29 is 80.2 Å². The minimum absolute atomic E-state index is 0.00523. The first-order valence-corrected chi connectivity index (χ1v) is 45.0. The van der Waals surface area contributed by atoms with Gasteiger partial charge in [0.2, 0.25) is 0 Å². The second-order valence-corrected chi connectivity index (χ2v) is 30.2. The molecule has 0 saturated heterocycles. The van der Waals surface area contributed by atoms with E-state index in [1.54, 1.807) is 0 Å². The third kappa shape index (κ3) is 80.2. The number of hydrogen-bond acceptors (Lipinski definition) is 15. The number of aliphatic hydroxyl groups excluding tert-OH is 1. The van der Waals surface area contributed by atoms with Crippen molar-refractivity contribution in [3.8, 4) is 0 Å². The standard InChI is InChI=1S/C91H148O17P2/c1-5-9-13-17-21-25-29-33-37-40-42-45-48-51-55-59-63-67-71-75-88(93)101-81-86(107-90(95)77-73-69-65-61-57-53-47-36-32-28-24-20-16-12-8-4)83-105-109(97,98)103-79-85(92)80-104-110(99,100)106-84-87(108-91(96)78-74-70-66-62-58-54-50-44-39-35-31-27-23-19-15-11-7-3)82-102-89(94)76-72-68-64-60-56-52-49-46-43-41-38-34-30-26-22-18-14-10-6-2/h9-11,13-15,21-23,25-27,33-35,37-39,42-43,45-46,50-51,54-55,62-63,66-67,85-87,92H,5-8,12,16-20,24,28-32,36,40-41,44,47-49,52-53,56-61,64-65,68-84H2,1-4H3,(H,97,98)(H,99,100)/b13-9-,14-10-,15-11-,25-21-,26-22-,27-23-,37-33-,38-34-,39-35-,45-42-,46-43-,54-50-,55-51-,66-62-,67-63-. The summed E-state index contributed by atoms with van der Waals surface area (Å²) >= 11 is 0. The van der Waals surface area contributed by atoms with Crippen LogP contribution in [0.4, 0.5) is 0 Å². The van der Waals surface area contributed by atoms with Crippen molar-refractivity contribution in [3.05, 3.63) is 182 Å². The van der Waals surface area contributed by atoms with Gasteiger partial charge < -0.3 is 33.8 Å². The summed E-state index contributed by atoms with van der Waals surface area (Å²) in [6, 6.07) is 0. The Kier molecular flexibility index (Phi) is 76.9. The molecule has 0 aromatic rings. The second-order valence-electron chi connectivity index (χ2n) is 27.3. The molecule has 0 aliphatic carbocycles. The zero-order chi connectivity index (χ0) is 80.3. The van der Waals surface area contributed by atoms with Gasteiger partial charge >= 0.3 is 39.5 Å². The van der Waals surface area contributed by atoms with Crippen LogP contribution in [0.15, 0.2) is 182 Å². The maximum atomic E-state index is 13.1. The van der Waals surface area contributed by atoms with Crippen LogP contribution in [-0.4, -0.2) is 96.7 Å². The fraction of sp³-hybridized carbons (Fsp3) is 0.626. The van der Waals surface area contributed by atoms with Crippen molar-refractivity contribution in [2.45, 2.75) is 329 Å². The van der Waals surface area contributed by atoms with Gasteiger partial charge in [0.05, 0.1) is 26.4 Å². The highest BCUT2D eigenvalue weighted by molar-refractivity contribution is 7.47. The normalized spacial score (nSPS) is 14.7. The Balaban J connectivity index is 5.50. The molecule has 0 bridgehead atoms. The third-order valence-corrected chi connectivity index (χ3v) is 18.8. The van der Waals surface area contributed by atoms with Crippen LogP contribution in [0.3, 0.4) is 0 Å². The maximum Gasteiger partial charge on any atom is 0.472 e. The fourth-order valence-corrected chi connectivity index (χ4v) is 12.2. The van der Waals surface area contributed by atoms with Crippen molar-refractivity contribution in [3.63, 3.8) is 0 Å². The highest BCUT2D eigenvalue weighted by Gasteiger charge is 2.30. The molecule has 0 aliphatic heterocycles. The summed E-state index contributed by atoms with van der Waals surface area (Å²) in [6.45, 7) is 4.38. The molecular formula is C91H148O17P2. The molecule has 0 aromatic heterocycles. The average molecular weight is 1580 g/mol. The molecule has 0 heterocycles. The average Bonchev–Trinajstić information content (AvgIpc) is 0.899. The number of carbonyl (C=O) groups is 4. The molecule has 5 atom stereocenters. The van der Waals surface area contributed by atoms with Gasteiger partial charge in [0.25, 0.3) is 0 Å². The van der Waals surface area contributed by atoms with Gasteiger partial charge in [-0.1, -0.05) is 326 Å². The van der Waals surface area contributed by atoms with Gasteiger partial charge in [-0.15, -0.1) is 0 Å². The first-order chi connectivity index (χ1) is 53.7. The number of phosphoric acid groups is 2. The monoisotopic (exact) mass is 1580 g/mol. The number of allylic oxidation sites excluding steroid dienone is 30. The predicted octanol–water partition coefficient (Wildman–Crippen LogP) is 25.1. The van der Waals surface area contributed by atoms with Crippen molar-refractivity contribution in [1.29, 1.82) is 0 Å². The van der Waals surface area contributed by atoms with Crippen LogP contribution in [0.2, 0.25) is 0 Å². The predicted molar refractivity (Wildman–Crippen MR) is 454 cm³/mol. The zero-order valence-corrected chi connectivity index (χ0v) is 70.1. The van der Waals surface area contributed by atoms with E-state index in [-0.39, 0.29) is 25.7 Å². The molecule has 0 amide bonds. The lowest BCUT2D eigenvalue weighted by atomic mass is 10.0. The van der Waals surface area contributed by atoms with Crippen molar-refractivity contribution in [2.24, 2.45) is 0 Å². The highest BCUT2D eigenvalue weighted by atomic mass is 31.2. The third-order valence-electron chi connectivity index (χ3n) is 16.9. The number of hydrogen-bond donors (Lipinski definition) is 3. The van der Waals surface area contributed by atoms with Crippen LogP contribution in [-0.2, 0) is 65.4 Å². The first-order valence-electron chi connectivity index (χ1n) is 42.0. The molecule has 0 saturated carbocycles. The highest BCUT2D eigenvalue weighted by Crippen LogP contribution is 2.45. The van der Waals surface area contributed by atoms with E-state index in [1.807, 2.05) is 30.4 Å². The van der Waals surface area contributed by atoms with Crippen LogP contribution < -0.4 is 0 Å². The SMILES string of the molecule is CC/C=C\C/C=C\C/C=C\C/C=C\C/C=C\C/C=C\CCC(=O)OCC(COP(=O)(O)OCC(O)COP(=O)(O)OCC(COC(=O)CCCCCCCC/C=C\C/C=C\C/C=C\C/C=C\CC)OC(=O)CCC/C=C\C/C=C\C/C=C\C/C=C\C/C=C\CC)OC(=O)CCCCCCCCCCCCCCCCC. The number of carbonyl (C=O) groups excluding carboxylic acids is 4. The first kappa shape index (κ1) is 104. The van der Waals surface area contributed by atoms with Crippen LogP contribution in [0.1, 0.15) is 310 Å². The number of aliphatic hydroxyl groups is 1. The lowest BCUT2D eigenvalue weighted by Gasteiger charge is -2.21. The van der Waals surface area contributed by atoms with Gasteiger partial charge in [-0.05, 0) is 141 Å². The van der Waals surface area contributed by atoms with Crippen molar-refractivity contribution in [2.75, 3.05) is 39.6 Å². The molecule has 5 unspecified atom stereocenters. The molecule has 3 N–H and O–H groups in total. The van der Waals surface area contributed by atoms with E-state index >= 15 is 0 Å². The summed E-state index contributed by atoms with van der Waals surface area (Å²) in [7, 11) is -10.0. The summed E-state index contributed by atoms with van der Waals surface area (Å²) in [5, 5.41) is 10.7. The lowest BCUT2D eigenvalue weighted by Crippen LogP contribution is -2.30. The van der Waals surface area contributed by atoms with Gasteiger partial charge in [0, 0.05) is 25.7 Å². The Morgan fingerprint density at radius 1 is 0.264 bits per heavy atom. The number of phosphoric ester groups is 2. The molecular weight excluding hydrogens is 1430 g/mol. The molecule has 0 fully saturated rings. The van der Waals surface area contributed by atoms with Crippen LogP contribution in [0, 0.1) is 0 Å². The summed E-state index contributed by atoms with van der Waals surface area (Å²) in [5.74, 6) is -2.36. The number of unbranched alkanes of at least 4 members (excludes halogenated alkanes) is 21. The Morgan fingerprint density at radius 2 is 0.500 bits per heavy atom. The Labute approximate surface area is 666 Å². The molecule has 17 nitrogen and oxygen atoms in total. The summed E-state index contributed by atoms with van der Waals surface area (Å²) in [6.07, 6.45) is 98.8. The van der Waals surface area contributed by atoms with E-state index in [1.165, 1.54) is 64.2 Å². The van der Waals surface area contributed by atoms with E-state index in [9.17, 15) is 43.2 Å². The van der Waals surface area contributed by atoms with E-state index in [0.717, 1.165) is 154 Å². The topological polar surface area (TPSA) is 237 Å². The molecule has 110 heavy (non-hydrogen) atoms. The minimum Gasteiger partial charge on any atom is -0.462 e. The molecule has 0 aliphatic rings. The van der Waals surface area contributed by atoms with Gasteiger partial charge in [-0.2, -0.15) is 0 Å². The Morgan fingerprint density at radius 3 is 0.818 bits per heavy atom. The Hall–Kier alpha value is -5.84. The zero-order valence-electron chi connectivity index (χ0n) is 68.4. The summed E-state index contributed by atoms with van der Waals surface area (Å²) < 4.78 is 68.6. The Bertz CT molecular complexity index is 2800.